The molecule has 0 bridgehead atoms. The highest BCUT2D eigenvalue weighted by molar-refractivity contribution is 5.88. The number of imidazole rings is 2. The fourth-order valence-electron chi connectivity index (χ4n) is 7.45. The zero-order valence-corrected chi connectivity index (χ0v) is 98.1. The molecule has 1 aliphatic rings. The third-order valence-electron chi connectivity index (χ3n) is 16.4. The van der Waals surface area contributed by atoms with Gasteiger partial charge in [-0.05, 0) is 132 Å². The van der Waals surface area contributed by atoms with Crippen LogP contribution >= 0.6 is 0 Å². The number of primary amides is 1. The second-order valence-corrected chi connectivity index (χ2v) is 41.8. The number of rotatable bonds is 24. The quantitative estimate of drug-likeness (QED) is 0.0116. The minimum absolute atomic E-state index is 0.00926. The third kappa shape index (κ3) is 110. The first-order valence-corrected chi connectivity index (χ1v) is 50.8. The molecule has 2 amide bonds. The molecule has 37 nitrogen and oxygen atoms in total. The Bertz CT molecular complexity index is 3870. The van der Waals surface area contributed by atoms with E-state index in [-0.39, 0.29) is 64.8 Å². The fourth-order valence-corrected chi connectivity index (χ4v) is 7.45. The first kappa shape index (κ1) is 152. The Morgan fingerprint density at radius 1 is 0.437 bits per heavy atom. The Morgan fingerprint density at radius 3 is 0.866 bits per heavy atom. The second kappa shape index (κ2) is 93.1. The van der Waals surface area contributed by atoms with Crippen molar-refractivity contribution in [3.63, 3.8) is 0 Å². The number of aliphatic imine (C=N–C) groups is 2. The van der Waals surface area contributed by atoms with Gasteiger partial charge in [0.1, 0.15) is 36.4 Å². The molecule has 0 saturated heterocycles. The van der Waals surface area contributed by atoms with Gasteiger partial charge in [-0.15, -0.1) is 35.7 Å². The van der Waals surface area contributed by atoms with Crippen LogP contribution < -0.4 is 44.7 Å². The van der Waals surface area contributed by atoms with Crippen molar-refractivity contribution in [2.24, 2.45) is 125 Å². The first-order valence-electron chi connectivity index (χ1n) is 50.8. The molecular formula is C105H211N29O8. The first-order chi connectivity index (χ1) is 65.2. The molecule has 0 radical (unpaired) electrons. The summed E-state index contributed by atoms with van der Waals surface area (Å²) in [5.74, 6) is 14.9. The van der Waals surface area contributed by atoms with Gasteiger partial charge in [0.05, 0.1) is 23.1 Å². The Kier molecular flexibility index (Phi) is 99.6. The monoisotopic (exact) mass is 2010 g/mol. The summed E-state index contributed by atoms with van der Waals surface area (Å²) in [6, 6.07) is 11.1. The largest absolute Gasteiger partial charge is 0.512 e. The molecular weight excluding hydrogens is 1800 g/mol. The molecule has 824 valence electrons. The second-order valence-electron chi connectivity index (χ2n) is 41.8. The van der Waals surface area contributed by atoms with Gasteiger partial charge in [-0.2, -0.15) is 20.8 Å². The molecule has 20 N–H and O–H groups in total. The zero-order valence-electron chi connectivity index (χ0n) is 98.1. The number of H-pyrrole nitrogens is 7. The van der Waals surface area contributed by atoms with Crippen LogP contribution in [0.4, 0.5) is 0 Å². The van der Waals surface area contributed by atoms with Crippen LogP contribution in [0.5, 0.6) is 0 Å². The molecule has 8 rings (SSSR count). The molecule has 142 heavy (non-hydrogen) atoms. The number of hydrogen-bond acceptors (Lipinski definition) is 26. The summed E-state index contributed by atoms with van der Waals surface area (Å²) < 4.78 is 0. The number of pyridine rings is 2. The number of carbonyl (C=O) groups excluding carboxylic acids is 3. The van der Waals surface area contributed by atoms with Gasteiger partial charge in [0.2, 0.25) is 22.9 Å². The van der Waals surface area contributed by atoms with Gasteiger partial charge in [0, 0.05) is 144 Å². The highest BCUT2D eigenvalue weighted by Crippen LogP contribution is 2.18. The van der Waals surface area contributed by atoms with Crippen LogP contribution in [-0.4, -0.2) is 185 Å². The minimum atomic E-state index is -0.648. The Hall–Kier alpha value is -10.3. The number of carbonyl (C=O) groups is 3. The van der Waals surface area contributed by atoms with E-state index in [1.54, 1.807) is 50.5 Å². The summed E-state index contributed by atoms with van der Waals surface area (Å²) in [5, 5.41) is 83.5. The molecule has 1 aliphatic heterocycles. The standard InChI is InChI=1S/2C9H16N2.2C8H16O.2C7H16N2.C7H17NO.C7H15NO.C5H9N3.2C5H5NO.3C4H8N4.C4H11NO.C4H9NO.2C4H10/c2*1-6(2)8-5-10-9(11-8)7(3)4;2*1-6(2)5-8(9)7(3)4;2*1-5(2)7(8)9-6(3)4;2*1-5(2)7(9)8-6(3)4;1-4(2)5-3-6-8-7-5;2*7-5-3-1-2-4-6-5;3*1-3(2)4-5-7-8-6-4;2*1-3(2)4(5)6;2*1-4(2)3/h2*5-7H,1-4H3,(H,10,11);6-7H,5H2,1-4H3;5-7,9H,1-4H3;2*5-6H,1-4H3,(H2,8,9);5-9H,1-4H3;5-6H,1-4H3,(H,8,9);4H,3H2,1-2H3;2*1-4H,(H,6,7);3*3H,1-2H3,(H,5,6,7,8);3-4,6H,5H2,1-2H3;3H,1-2H3,(H2,5,6);2*4H,1-3H3/b;;;8-5-;;;;;;;;;;;;;;. The molecule has 0 aliphatic carbocycles. The maximum Gasteiger partial charge on any atom is 0.247 e. The minimum Gasteiger partial charge on any atom is -0.512 e. The van der Waals surface area contributed by atoms with E-state index in [2.05, 4.69) is 266 Å². The lowest BCUT2D eigenvalue weighted by Crippen LogP contribution is -2.38. The van der Waals surface area contributed by atoms with Crippen LogP contribution in [0.1, 0.15) is 435 Å². The number of aliphatic hydroxyl groups excluding tert-OH is 3. The number of nitrogens with one attached hydrogen (secondary N) is 9. The molecule has 2 unspecified atom stereocenters. The normalized spacial score (nSPS) is 11.8. The number of amides is 2. The molecule has 0 spiro atoms. The molecule has 0 fully saturated rings. The van der Waals surface area contributed by atoms with E-state index in [4.69, 9.17) is 33.1 Å². The van der Waals surface area contributed by atoms with Gasteiger partial charge < -0.3 is 63.5 Å². The van der Waals surface area contributed by atoms with Gasteiger partial charge in [-0.1, -0.05) is 319 Å². The Morgan fingerprint density at radius 2 is 0.768 bits per heavy atom. The number of nitrogens with zero attached hydrogens (tertiary/aromatic N) is 16. The fraction of sp³-hybridized carbons (Fsp3) is 0.743. The smallest absolute Gasteiger partial charge is 0.247 e. The Labute approximate surface area is 859 Å². The van der Waals surface area contributed by atoms with Gasteiger partial charge in [0.15, 0.2) is 17.5 Å². The summed E-state index contributed by atoms with van der Waals surface area (Å²) in [6.45, 7) is 103. The topological polar surface area (TPSA) is 588 Å². The van der Waals surface area contributed by atoms with Gasteiger partial charge in [0.25, 0.3) is 0 Å². The predicted octanol–water partition coefficient (Wildman–Crippen LogP) is 21.8. The molecule has 0 aromatic carbocycles. The van der Waals surface area contributed by atoms with Gasteiger partial charge in [-0.25, -0.2) is 9.97 Å². The van der Waals surface area contributed by atoms with E-state index in [9.17, 15) is 29.1 Å². The van der Waals surface area contributed by atoms with E-state index >= 15 is 0 Å². The summed E-state index contributed by atoms with van der Waals surface area (Å²) in [7, 11) is 0. The number of aliphatic hydroxyl groups is 3. The number of allylic oxidation sites excluding steroid dienone is 2. The summed E-state index contributed by atoms with van der Waals surface area (Å²) in [6.07, 6.45) is 8.67. The zero-order chi connectivity index (χ0) is 113. The highest BCUT2D eigenvalue weighted by Gasteiger charge is 2.14. The number of tetrazole rings is 3. The van der Waals surface area contributed by atoms with Crippen molar-refractivity contribution in [2.45, 2.75) is 431 Å². The average molecular weight is 2010 g/mol. The molecule has 37 heteroatoms. The molecule has 2 atom stereocenters. The van der Waals surface area contributed by atoms with Gasteiger partial charge in [-0.3, -0.25) is 39.3 Å². The van der Waals surface area contributed by atoms with E-state index < -0.39 is 6.23 Å². The van der Waals surface area contributed by atoms with Crippen LogP contribution in [0.25, 0.3) is 0 Å². The van der Waals surface area contributed by atoms with Crippen molar-refractivity contribution < 1.29 is 29.7 Å². The van der Waals surface area contributed by atoms with Crippen molar-refractivity contribution in [2.75, 3.05) is 6.54 Å². The maximum atomic E-state index is 11.0. The number of aromatic nitrogens is 18. The van der Waals surface area contributed by atoms with Crippen LogP contribution in [0.2, 0.25) is 0 Å². The van der Waals surface area contributed by atoms with Crippen molar-refractivity contribution in [1.29, 1.82) is 0 Å². The number of ketones is 1. The van der Waals surface area contributed by atoms with Crippen molar-refractivity contribution in [3.8, 4) is 0 Å². The summed E-state index contributed by atoms with van der Waals surface area (Å²) in [4.78, 5) is 80.6. The number of hydrogen-bond donors (Lipinski definition) is 16. The van der Waals surface area contributed by atoms with Crippen LogP contribution in [0.3, 0.4) is 0 Å². The van der Waals surface area contributed by atoms with Crippen LogP contribution in [0, 0.1) is 76.9 Å². The number of aromatic amines is 7. The number of nitrogens with two attached hydrogens (primary N) is 4. The van der Waals surface area contributed by atoms with E-state index in [0.29, 0.717) is 113 Å². The van der Waals surface area contributed by atoms with Crippen molar-refractivity contribution >= 4 is 35.0 Å². The van der Waals surface area contributed by atoms with E-state index in [1.807, 2.05) is 212 Å². The van der Waals surface area contributed by atoms with Gasteiger partial charge >= 0.3 is 0 Å². The molecule has 0 saturated carbocycles. The van der Waals surface area contributed by atoms with E-state index in [1.165, 1.54) is 23.5 Å². The average Bonchev–Trinajstić information content (AvgIpc) is 1.75. The summed E-state index contributed by atoms with van der Waals surface area (Å²) in [5.41, 5.74) is 24.4. The molecule has 7 aromatic heterocycles. The van der Waals surface area contributed by atoms with Crippen LogP contribution in [-0.2, 0) is 14.4 Å². The molecule has 8 heterocycles. The predicted molar refractivity (Wildman–Crippen MR) is 595 cm³/mol. The van der Waals surface area contributed by atoms with E-state index in [0.717, 1.165) is 64.8 Å². The third-order valence-corrected chi connectivity index (χ3v) is 16.4. The SMILES string of the molecule is CC(C)/C=C(\O)C(C)C.CC(C)C.CC(C)C.CC(C)C(N)=O.CC(C)C(N)O.CC(C)C1=NN=NC1.CC(C)CC(=O)C(C)C.CC(C)N=C(N)C(C)C.CC(C)N=C(N)C(C)C.CC(C)NC(=O)C(C)C.CC(C)NC(O)C(C)C.CC(C)c1cnc(C(C)C)[nH]1.CC(C)c1cnc(C(C)C)[nH]1.CC(C)c1nn[nH]n1.CC(C)c1nn[nH]n1.CC(C)c1nn[nH]n1.O=c1cccc[nH]1.O=c1cccc[nH]1. The van der Waals surface area contributed by atoms with Crippen LogP contribution in [0.15, 0.2) is 108 Å². The van der Waals surface area contributed by atoms with Crippen molar-refractivity contribution in [1.82, 2.24) is 102 Å². The lowest BCUT2D eigenvalue weighted by molar-refractivity contribution is -0.124. The maximum absolute atomic E-state index is 11.0. The molecule has 7 aromatic rings. The lowest BCUT2D eigenvalue weighted by Gasteiger charge is -2.18. The number of amidine groups is 2. The van der Waals surface area contributed by atoms with Crippen molar-refractivity contribution in [3.05, 3.63) is 134 Å². The summed E-state index contributed by atoms with van der Waals surface area (Å²) >= 11 is 0. The number of Topliss-reactive ketones (excluding diaryl/α,β-unsaturated/α-hetero) is 1. The Balaban J connectivity index is -0.000000163. The lowest BCUT2D eigenvalue weighted by atomic mass is 9.99. The highest BCUT2D eigenvalue weighted by atomic mass is 16.3.